The summed E-state index contributed by atoms with van der Waals surface area (Å²) in [6.07, 6.45) is -1.05. The van der Waals surface area contributed by atoms with E-state index in [0.29, 0.717) is 16.1 Å². The van der Waals surface area contributed by atoms with Gasteiger partial charge in [-0.2, -0.15) is 0 Å². The van der Waals surface area contributed by atoms with E-state index in [-0.39, 0.29) is 16.6 Å². The minimum Gasteiger partial charge on any atom is -0.359 e. The fourth-order valence-corrected chi connectivity index (χ4v) is 3.71. The molecule has 150 valence electrons. The Morgan fingerprint density at radius 2 is 1.66 bits per heavy atom. The quantitative estimate of drug-likeness (QED) is 0.394. The number of primary sulfonamides is 1. The summed E-state index contributed by atoms with van der Waals surface area (Å²) in [5.74, 6) is -0.718. The van der Waals surface area contributed by atoms with Crippen LogP contribution in [0.3, 0.4) is 0 Å². The van der Waals surface area contributed by atoms with E-state index in [1.54, 1.807) is 29.6 Å². The molecule has 9 heteroatoms. The molecule has 0 radical (unpaired) electrons. The molecule has 4 N–H and O–H groups in total. The van der Waals surface area contributed by atoms with E-state index in [2.05, 4.69) is 10.6 Å². The minimum absolute atomic E-state index is 0.0490. The SMILES string of the molecule is Cc1ccc(C(=O)C(NC(=O)c2cccs2)Nc2ccc(S(N)(=O)=O)cc2)cc1. The molecule has 3 rings (SSSR count). The zero-order chi connectivity index (χ0) is 21.0. The first kappa shape index (κ1) is 20.7. The average Bonchev–Trinajstić information content (AvgIpc) is 3.22. The molecule has 1 heterocycles. The van der Waals surface area contributed by atoms with Crippen LogP contribution >= 0.6 is 11.3 Å². The van der Waals surface area contributed by atoms with Gasteiger partial charge in [-0.05, 0) is 42.6 Å². The standard InChI is InChI=1S/C20H19N3O4S2/c1-13-4-6-14(7-5-13)18(24)19(23-20(25)17-3-2-12-28-17)22-15-8-10-16(11-9-15)29(21,26)27/h2-12,19,22H,1H3,(H,23,25)(H2,21,26,27). The summed E-state index contributed by atoms with van der Waals surface area (Å²) in [5.41, 5.74) is 1.89. The number of thiophene rings is 1. The molecule has 0 aliphatic rings. The van der Waals surface area contributed by atoms with Crippen LogP contribution in [0.15, 0.2) is 70.9 Å². The van der Waals surface area contributed by atoms with Crippen LogP contribution in [-0.2, 0) is 10.0 Å². The van der Waals surface area contributed by atoms with Gasteiger partial charge in [-0.15, -0.1) is 11.3 Å². The molecule has 1 unspecified atom stereocenters. The summed E-state index contributed by atoms with van der Waals surface area (Å²) in [6.45, 7) is 1.91. The van der Waals surface area contributed by atoms with Crippen molar-refractivity contribution in [3.8, 4) is 0 Å². The first-order valence-corrected chi connectivity index (χ1v) is 11.0. The molecule has 7 nitrogen and oxygen atoms in total. The third kappa shape index (κ3) is 5.29. The van der Waals surface area contributed by atoms with Gasteiger partial charge in [0.05, 0.1) is 9.77 Å². The van der Waals surface area contributed by atoms with Crippen molar-refractivity contribution in [1.82, 2.24) is 5.32 Å². The molecule has 1 aromatic heterocycles. The largest absolute Gasteiger partial charge is 0.359 e. The van der Waals surface area contributed by atoms with Gasteiger partial charge in [0.15, 0.2) is 6.17 Å². The number of ketones is 1. The average molecular weight is 430 g/mol. The number of nitrogens with one attached hydrogen (secondary N) is 2. The van der Waals surface area contributed by atoms with Gasteiger partial charge in [-0.3, -0.25) is 9.59 Å². The molecule has 0 saturated carbocycles. The number of hydrogen-bond acceptors (Lipinski definition) is 6. The van der Waals surface area contributed by atoms with Crippen LogP contribution in [0.25, 0.3) is 0 Å². The number of rotatable bonds is 7. The van der Waals surface area contributed by atoms with Gasteiger partial charge in [0.1, 0.15) is 0 Å². The molecule has 1 amide bonds. The van der Waals surface area contributed by atoms with Crippen LogP contribution in [0.2, 0.25) is 0 Å². The highest BCUT2D eigenvalue weighted by Crippen LogP contribution is 2.16. The van der Waals surface area contributed by atoms with Gasteiger partial charge in [0.2, 0.25) is 15.8 Å². The van der Waals surface area contributed by atoms with Gasteiger partial charge < -0.3 is 10.6 Å². The van der Waals surface area contributed by atoms with E-state index >= 15 is 0 Å². The van der Waals surface area contributed by atoms with Gasteiger partial charge in [0.25, 0.3) is 5.91 Å². The predicted octanol–water partition coefficient (Wildman–Crippen LogP) is 2.75. The van der Waals surface area contributed by atoms with E-state index in [0.717, 1.165) is 5.56 Å². The lowest BCUT2D eigenvalue weighted by Crippen LogP contribution is -2.46. The Bertz CT molecular complexity index is 1110. The molecule has 0 aliphatic carbocycles. The summed E-state index contributed by atoms with van der Waals surface area (Å²) >= 11 is 1.26. The monoisotopic (exact) mass is 429 g/mol. The van der Waals surface area contributed by atoms with E-state index in [9.17, 15) is 18.0 Å². The van der Waals surface area contributed by atoms with Crippen molar-refractivity contribution >= 4 is 38.7 Å². The Labute approximate surface area is 172 Å². The summed E-state index contributed by atoms with van der Waals surface area (Å²) in [7, 11) is -3.82. The van der Waals surface area contributed by atoms with Crippen LogP contribution < -0.4 is 15.8 Å². The van der Waals surface area contributed by atoms with Gasteiger partial charge in [0, 0.05) is 11.3 Å². The molecule has 2 aromatic carbocycles. The normalized spacial score (nSPS) is 12.2. The number of nitrogens with two attached hydrogens (primary N) is 1. The molecule has 29 heavy (non-hydrogen) atoms. The molecule has 0 saturated heterocycles. The van der Waals surface area contributed by atoms with Crippen molar-refractivity contribution in [3.63, 3.8) is 0 Å². The predicted molar refractivity (Wildman–Crippen MR) is 113 cm³/mol. The maximum Gasteiger partial charge on any atom is 0.263 e. The first-order valence-electron chi connectivity index (χ1n) is 8.59. The number of benzene rings is 2. The topological polar surface area (TPSA) is 118 Å². The third-order valence-electron chi connectivity index (χ3n) is 4.11. The molecule has 0 spiro atoms. The lowest BCUT2D eigenvalue weighted by molar-refractivity contribution is 0.0872. The number of anilines is 1. The van der Waals surface area contributed by atoms with Gasteiger partial charge in [-0.25, -0.2) is 13.6 Å². The molecule has 0 aliphatic heterocycles. The Balaban J connectivity index is 1.86. The van der Waals surface area contributed by atoms with Crippen molar-refractivity contribution in [1.29, 1.82) is 0 Å². The van der Waals surface area contributed by atoms with Gasteiger partial charge >= 0.3 is 0 Å². The van der Waals surface area contributed by atoms with Crippen molar-refractivity contribution in [2.75, 3.05) is 5.32 Å². The lowest BCUT2D eigenvalue weighted by atomic mass is 10.1. The smallest absolute Gasteiger partial charge is 0.263 e. The highest BCUT2D eigenvalue weighted by molar-refractivity contribution is 7.89. The summed E-state index contributed by atoms with van der Waals surface area (Å²) in [4.78, 5) is 25.9. The van der Waals surface area contributed by atoms with Crippen LogP contribution in [0.5, 0.6) is 0 Å². The number of amides is 1. The Hall–Kier alpha value is -3.01. The number of sulfonamides is 1. The molecule has 3 aromatic rings. The molecule has 0 bridgehead atoms. The van der Waals surface area contributed by atoms with Gasteiger partial charge in [-0.1, -0.05) is 35.9 Å². The van der Waals surface area contributed by atoms with Crippen LogP contribution in [0, 0.1) is 6.92 Å². The summed E-state index contributed by atoms with van der Waals surface area (Å²) in [5, 5.41) is 12.5. The second-order valence-corrected chi connectivity index (χ2v) is 8.84. The Morgan fingerprint density at radius 3 is 2.21 bits per heavy atom. The fraction of sp³-hybridized carbons (Fsp3) is 0.100. The Morgan fingerprint density at radius 1 is 1.00 bits per heavy atom. The van der Waals surface area contributed by atoms with E-state index in [1.165, 1.54) is 35.6 Å². The minimum atomic E-state index is -3.82. The number of carbonyl (C=O) groups is 2. The molecule has 0 fully saturated rings. The molecule has 1 atom stereocenters. The number of carbonyl (C=O) groups excluding carboxylic acids is 2. The van der Waals surface area contributed by atoms with E-state index < -0.39 is 16.2 Å². The number of Topliss-reactive ketones (excluding diaryl/α,β-unsaturated/α-hetero) is 1. The van der Waals surface area contributed by atoms with Crippen molar-refractivity contribution < 1.29 is 18.0 Å². The first-order chi connectivity index (χ1) is 13.7. The van der Waals surface area contributed by atoms with Crippen molar-refractivity contribution in [2.45, 2.75) is 18.0 Å². The van der Waals surface area contributed by atoms with Crippen molar-refractivity contribution in [2.24, 2.45) is 5.14 Å². The third-order valence-corrected chi connectivity index (χ3v) is 5.91. The number of hydrogen-bond donors (Lipinski definition) is 3. The summed E-state index contributed by atoms with van der Waals surface area (Å²) < 4.78 is 22.8. The van der Waals surface area contributed by atoms with E-state index in [4.69, 9.17) is 5.14 Å². The van der Waals surface area contributed by atoms with E-state index in [1.807, 2.05) is 19.1 Å². The fourth-order valence-electron chi connectivity index (χ4n) is 2.57. The Kier molecular flexibility index (Phi) is 6.12. The summed E-state index contributed by atoms with van der Waals surface area (Å²) in [6, 6.07) is 16.0. The van der Waals surface area contributed by atoms with Crippen LogP contribution in [0.1, 0.15) is 25.6 Å². The second-order valence-electron chi connectivity index (χ2n) is 6.33. The molecular formula is C20H19N3O4S2. The number of aryl methyl sites for hydroxylation is 1. The highest BCUT2D eigenvalue weighted by Gasteiger charge is 2.23. The lowest BCUT2D eigenvalue weighted by Gasteiger charge is -2.20. The maximum absolute atomic E-state index is 13.0. The molecular weight excluding hydrogens is 410 g/mol. The zero-order valence-corrected chi connectivity index (χ0v) is 17.1. The maximum atomic E-state index is 13.0. The second kappa shape index (κ2) is 8.56. The van der Waals surface area contributed by atoms with Crippen LogP contribution in [-0.4, -0.2) is 26.3 Å². The highest BCUT2D eigenvalue weighted by atomic mass is 32.2. The van der Waals surface area contributed by atoms with Crippen molar-refractivity contribution in [3.05, 3.63) is 82.0 Å². The zero-order valence-electron chi connectivity index (χ0n) is 15.5. The van der Waals surface area contributed by atoms with Crippen LogP contribution in [0.4, 0.5) is 5.69 Å².